The summed E-state index contributed by atoms with van der Waals surface area (Å²) >= 11 is 1.37. The second-order valence-electron chi connectivity index (χ2n) is 1.96. The van der Waals surface area contributed by atoms with Crippen LogP contribution in [0.5, 0.6) is 0 Å². The summed E-state index contributed by atoms with van der Waals surface area (Å²) in [7, 11) is 0. The minimum absolute atomic E-state index is 0.384. The Morgan fingerprint density at radius 2 is 2.09 bits per heavy atom. The Labute approximate surface area is 68.9 Å². The average Bonchev–Trinajstić information content (AvgIpc) is 1.86. The summed E-state index contributed by atoms with van der Waals surface area (Å²) in [5.74, 6) is 0.983. The Hall–Kier alpha value is -0.120. The van der Waals surface area contributed by atoms with Gasteiger partial charge in [-0.15, -0.1) is 0 Å². The first-order valence-corrected chi connectivity index (χ1v) is 4.25. The van der Waals surface area contributed by atoms with E-state index in [0.717, 1.165) is 6.92 Å². The fourth-order valence-electron chi connectivity index (χ4n) is 0.383. The zero-order valence-corrected chi connectivity index (χ0v) is 7.06. The van der Waals surface area contributed by atoms with E-state index in [1.807, 2.05) is 0 Å². The molecule has 11 heavy (non-hydrogen) atoms. The van der Waals surface area contributed by atoms with E-state index < -0.39 is 11.7 Å². The first-order chi connectivity index (χ1) is 4.98. The maximum Gasteiger partial charge on any atom is 0.412 e. The van der Waals surface area contributed by atoms with Gasteiger partial charge in [-0.2, -0.15) is 24.9 Å². The van der Waals surface area contributed by atoms with Crippen molar-refractivity contribution in [2.24, 2.45) is 0 Å². The normalized spacial score (nSPS) is 13.7. The first-order valence-electron chi connectivity index (χ1n) is 3.09. The van der Waals surface area contributed by atoms with Crippen LogP contribution in [0.4, 0.5) is 13.2 Å². The molecule has 0 spiro atoms. The molecule has 0 aromatic carbocycles. The van der Waals surface area contributed by atoms with Gasteiger partial charge in [-0.25, -0.2) is 0 Å². The van der Waals surface area contributed by atoms with Crippen molar-refractivity contribution in [3.05, 3.63) is 18.6 Å². The fraction of sp³-hybridized carbons (Fsp3) is 0.571. The van der Waals surface area contributed by atoms with Crippen molar-refractivity contribution in [1.82, 2.24) is 0 Å². The molecule has 0 saturated heterocycles. The molecule has 0 aliphatic carbocycles. The lowest BCUT2D eigenvalue weighted by Crippen LogP contribution is -2.08. The van der Waals surface area contributed by atoms with Gasteiger partial charge in [-0.1, -0.05) is 6.08 Å². The Morgan fingerprint density at radius 1 is 1.55 bits per heavy atom. The average molecular weight is 183 g/mol. The molecular weight excluding hydrogens is 173 g/mol. The highest BCUT2D eigenvalue weighted by Crippen LogP contribution is 2.24. The Bertz CT molecular complexity index is 137. The first kappa shape index (κ1) is 10.9. The molecule has 4 heteroatoms. The van der Waals surface area contributed by atoms with E-state index in [1.54, 1.807) is 0 Å². The molecule has 0 nitrogen and oxygen atoms in total. The van der Waals surface area contributed by atoms with Crippen molar-refractivity contribution in [2.45, 2.75) is 13.1 Å². The van der Waals surface area contributed by atoms with Crippen molar-refractivity contribution in [2.75, 3.05) is 11.5 Å². The Morgan fingerprint density at radius 3 is 2.45 bits per heavy atom. The monoisotopic (exact) mass is 183 g/mol. The number of hydrogen-bond donors (Lipinski definition) is 0. The molecular formula is C7H10F3S. The maximum absolute atomic E-state index is 11.8. The van der Waals surface area contributed by atoms with Crippen LogP contribution < -0.4 is 0 Å². The number of halogens is 3. The predicted molar refractivity (Wildman–Crippen MR) is 42.5 cm³/mol. The quantitative estimate of drug-likeness (QED) is 0.478. The molecule has 0 aromatic heterocycles. The molecule has 0 fully saturated rings. The van der Waals surface area contributed by atoms with Crippen LogP contribution in [-0.2, 0) is 0 Å². The van der Waals surface area contributed by atoms with Crippen molar-refractivity contribution >= 4 is 11.8 Å². The summed E-state index contributed by atoms with van der Waals surface area (Å²) in [5.41, 5.74) is -0.529. The number of allylic oxidation sites excluding steroid dienone is 1. The number of rotatable bonds is 3. The third-order valence-corrected chi connectivity index (χ3v) is 1.79. The van der Waals surface area contributed by atoms with Gasteiger partial charge in [0, 0.05) is 11.3 Å². The second-order valence-corrected chi connectivity index (χ2v) is 3.11. The molecule has 1 radical (unpaired) electrons. The van der Waals surface area contributed by atoms with Crippen molar-refractivity contribution in [3.8, 4) is 0 Å². The molecule has 0 aliphatic heterocycles. The van der Waals surface area contributed by atoms with Gasteiger partial charge in [0.1, 0.15) is 0 Å². The highest BCUT2D eigenvalue weighted by Gasteiger charge is 2.29. The zero-order valence-electron chi connectivity index (χ0n) is 6.24. The van der Waals surface area contributed by atoms with Crippen molar-refractivity contribution in [3.63, 3.8) is 0 Å². The molecule has 0 N–H and O–H groups in total. The van der Waals surface area contributed by atoms with E-state index in [1.165, 1.54) is 17.8 Å². The van der Waals surface area contributed by atoms with E-state index >= 15 is 0 Å². The SMILES string of the molecule is [CH2]CSCC=C(C)C(F)(F)F. The van der Waals surface area contributed by atoms with Gasteiger partial charge < -0.3 is 0 Å². The maximum atomic E-state index is 11.8. The number of alkyl halides is 3. The minimum Gasteiger partial charge on any atom is -0.167 e. The summed E-state index contributed by atoms with van der Waals surface area (Å²) in [6, 6.07) is 0. The summed E-state index contributed by atoms with van der Waals surface area (Å²) in [4.78, 5) is 0. The molecule has 0 unspecified atom stereocenters. The summed E-state index contributed by atoms with van der Waals surface area (Å²) in [6.07, 6.45) is -2.99. The lowest BCUT2D eigenvalue weighted by Gasteiger charge is -2.05. The molecule has 0 rings (SSSR count). The summed E-state index contributed by atoms with van der Waals surface area (Å²) in [5, 5.41) is 0. The Kier molecular flexibility index (Phi) is 4.65. The smallest absolute Gasteiger partial charge is 0.167 e. The largest absolute Gasteiger partial charge is 0.412 e. The van der Waals surface area contributed by atoms with E-state index in [4.69, 9.17) is 0 Å². The van der Waals surface area contributed by atoms with Gasteiger partial charge in [-0.05, 0) is 19.6 Å². The van der Waals surface area contributed by atoms with Crippen molar-refractivity contribution < 1.29 is 13.2 Å². The third kappa shape index (κ3) is 5.18. The van der Waals surface area contributed by atoms with Gasteiger partial charge in [0.05, 0.1) is 0 Å². The molecule has 0 heterocycles. The standard InChI is InChI=1S/C7H10F3S/c1-3-11-5-4-6(2)7(8,9)10/h4H,1,3,5H2,2H3. The lowest BCUT2D eigenvalue weighted by molar-refractivity contribution is -0.0914. The fourth-order valence-corrected chi connectivity index (χ4v) is 0.918. The van der Waals surface area contributed by atoms with E-state index in [0.29, 0.717) is 11.5 Å². The van der Waals surface area contributed by atoms with Gasteiger partial charge >= 0.3 is 6.18 Å². The van der Waals surface area contributed by atoms with Crippen LogP contribution in [0.2, 0.25) is 0 Å². The minimum atomic E-state index is -4.16. The summed E-state index contributed by atoms with van der Waals surface area (Å²) < 4.78 is 35.3. The van der Waals surface area contributed by atoms with Crippen LogP contribution in [0.3, 0.4) is 0 Å². The number of thioether (sulfide) groups is 1. The van der Waals surface area contributed by atoms with E-state index in [-0.39, 0.29) is 0 Å². The third-order valence-electron chi connectivity index (χ3n) is 1.10. The van der Waals surface area contributed by atoms with Crippen LogP contribution in [0.25, 0.3) is 0 Å². The van der Waals surface area contributed by atoms with Gasteiger partial charge in [0.25, 0.3) is 0 Å². The molecule has 0 amide bonds. The van der Waals surface area contributed by atoms with Gasteiger partial charge in [0.2, 0.25) is 0 Å². The highest BCUT2D eigenvalue weighted by molar-refractivity contribution is 7.99. The van der Waals surface area contributed by atoms with Crippen molar-refractivity contribution in [1.29, 1.82) is 0 Å². The molecule has 0 saturated carbocycles. The predicted octanol–water partition coefficient (Wildman–Crippen LogP) is 3.06. The van der Waals surface area contributed by atoms with Crippen LogP contribution in [0.1, 0.15) is 6.92 Å². The molecule has 0 bridgehead atoms. The van der Waals surface area contributed by atoms with Gasteiger partial charge in [-0.3, -0.25) is 0 Å². The zero-order chi connectivity index (χ0) is 8.91. The summed E-state index contributed by atoms with van der Waals surface area (Å²) in [6.45, 7) is 4.57. The van der Waals surface area contributed by atoms with E-state index in [2.05, 4.69) is 6.92 Å². The molecule has 0 aromatic rings. The second kappa shape index (κ2) is 4.70. The molecule has 65 valence electrons. The van der Waals surface area contributed by atoms with Crippen LogP contribution in [-0.4, -0.2) is 17.7 Å². The topological polar surface area (TPSA) is 0 Å². The molecule has 0 atom stereocenters. The number of hydrogen-bond acceptors (Lipinski definition) is 1. The van der Waals surface area contributed by atoms with E-state index in [9.17, 15) is 13.2 Å². The van der Waals surface area contributed by atoms with Crippen LogP contribution in [0.15, 0.2) is 11.6 Å². The van der Waals surface area contributed by atoms with Gasteiger partial charge in [0.15, 0.2) is 0 Å². The highest BCUT2D eigenvalue weighted by atomic mass is 32.2. The molecule has 0 aliphatic rings. The Balaban J connectivity index is 3.81. The van der Waals surface area contributed by atoms with Crippen LogP contribution >= 0.6 is 11.8 Å². The lowest BCUT2D eigenvalue weighted by atomic mass is 10.3. The van der Waals surface area contributed by atoms with Crippen LogP contribution in [0, 0.1) is 6.92 Å².